The fraction of sp³-hybridized carbons (Fsp3) is 0.316. The summed E-state index contributed by atoms with van der Waals surface area (Å²) in [4.78, 5) is 21.6. The molecule has 3 rings (SSSR count). The van der Waals surface area contributed by atoms with Gasteiger partial charge in [-0.3, -0.25) is 14.6 Å². The van der Waals surface area contributed by atoms with Crippen LogP contribution in [0.1, 0.15) is 27.3 Å². The molecule has 0 aliphatic rings. The number of amides is 1. The maximum atomic E-state index is 13.5. The quantitative estimate of drug-likeness (QED) is 0.604. The Hall–Kier alpha value is -2.98. The van der Waals surface area contributed by atoms with Crippen LogP contribution in [0.5, 0.6) is 0 Å². The van der Waals surface area contributed by atoms with Crippen molar-refractivity contribution in [2.75, 3.05) is 21.3 Å². The van der Waals surface area contributed by atoms with E-state index in [1.165, 1.54) is 44.3 Å². The Labute approximate surface area is 164 Å². The highest BCUT2D eigenvalue weighted by atomic mass is 19.4. The van der Waals surface area contributed by atoms with Gasteiger partial charge < -0.3 is 4.74 Å². The molecule has 1 aromatic carbocycles. The van der Waals surface area contributed by atoms with Crippen molar-refractivity contribution in [3.8, 4) is 5.69 Å². The van der Waals surface area contributed by atoms with Crippen molar-refractivity contribution in [3.63, 3.8) is 0 Å². The van der Waals surface area contributed by atoms with Gasteiger partial charge in [-0.05, 0) is 19.1 Å². The summed E-state index contributed by atoms with van der Waals surface area (Å²) in [6.45, 7) is 1.61. The molecule has 0 unspecified atom stereocenters. The summed E-state index contributed by atoms with van der Waals surface area (Å²) < 4.78 is 47.0. The SMILES string of the molecule is COCc1c(C(=O)N(C)OC)cnn1-c1cc(C)nc2c(C(F)(F)F)cccc12. The van der Waals surface area contributed by atoms with E-state index in [1.807, 2.05) is 0 Å². The summed E-state index contributed by atoms with van der Waals surface area (Å²) in [6, 6.07) is 5.45. The lowest BCUT2D eigenvalue weighted by Gasteiger charge is -2.16. The third-order valence-electron chi connectivity index (χ3n) is 4.42. The van der Waals surface area contributed by atoms with E-state index in [2.05, 4.69) is 10.1 Å². The molecule has 7 nitrogen and oxygen atoms in total. The molecule has 0 aliphatic carbocycles. The minimum absolute atomic E-state index is 0.0143. The van der Waals surface area contributed by atoms with Gasteiger partial charge in [0.05, 0.1) is 47.9 Å². The predicted molar refractivity (Wildman–Crippen MR) is 98.4 cm³/mol. The maximum absolute atomic E-state index is 13.5. The molecular weight excluding hydrogens is 389 g/mol. The van der Waals surface area contributed by atoms with Crippen LogP contribution in [0.4, 0.5) is 13.2 Å². The van der Waals surface area contributed by atoms with Gasteiger partial charge in [0.2, 0.25) is 0 Å². The van der Waals surface area contributed by atoms with E-state index in [0.29, 0.717) is 17.1 Å². The Morgan fingerprint density at radius 3 is 2.62 bits per heavy atom. The molecule has 0 atom stereocenters. The molecule has 2 heterocycles. The highest BCUT2D eigenvalue weighted by Crippen LogP contribution is 2.36. The predicted octanol–water partition coefficient (Wildman–Crippen LogP) is 3.53. The molecule has 154 valence electrons. The Morgan fingerprint density at radius 2 is 2.00 bits per heavy atom. The molecule has 0 bridgehead atoms. The molecular formula is C19H19F3N4O3. The number of benzene rings is 1. The zero-order valence-electron chi connectivity index (χ0n) is 16.2. The number of hydroxylamine groups is 2. The van der Waals surface area contributed by atoms with Crippen LogP contribution < -0.4 is 0 Å². The Bertz CT molecular complexity index is 1060. The minimum Gasteiger partial charge on any atom is -0.378 e. The highest BCUT2D eigenvalue weighted by molar-refractivity contribution is 5.95. The average Bonchev–Trinajstić information content (AvgIpc) is 3.08. The van der Waals surface area contributed by atoms with Crippen LogP contribution in [-0.2, 0) is 22.4 Å². The number of carbonyl (C=O) groups is 1. The molecule has 29 heavy (non-hydrogen) atoms. The molecule has 1 amide bonds. The molecule has 0 aliphatic heterocycles. The second-order valence-corrected chi connectivity index (χ2v) is 6.32. The van der Waals surface area contributed by atoms with Crippen molar-refractivity contribution in [2.45, 2.75) is 19.7 Å². The van der Waals surface area contributed by atoms with Gasteiger partial charge in [-0.15, -0.1) is 0 Å². The Morgan fingerprint density at radius 1 is 1.28 bits per heavy atom. The first-order valence-corrected chi connectivity index (χ1v) is 8.55. The topological polar surface area (TPSA) is 69.5 Å². The summed E-state index contributed by atoms with van der Waals surface area (Å²) in [5, 5.41) is 5.53. The summed E-state index contributed by atoms with van der Waals surface area (Å²) in [6.07, 6.45) is -3.22. The summed E-state index contributed by atoms with van der Waals surface area (Å²) >= 11 is 0. The number of rotatable bonds is 5. The van der Waals surface area contributed by atoms with E-state index in [-0.39, 0.29) is 23.1 Å². The van der Waals surface area contributed by atoms with Gasteiger partial charge in [0.25, 0.3) is 5.91 Å². The minimum atomic E-state index is -4.56. The number of methoxy groups -OCH3 is 1. The summed E-state index contributed by atoms with van der Waals surface area (Å²) in [5.41, 5.74) is 0.317. The van der Waals surface area contributed by atoms with Crippen LogP contribution in [0, 0.1) is 6.92 Å². The molecule has 0 saturated heterocycles. The van der Waals surface area contributed by atoms with Crippen molar-refractivity contribution in [2.24, 2.45) is 0 Å². The number of aromatic nitrogens is 3. The van der Waals surface area contributed by atoms with Crippen molar-refractivity contribution < 1.29 is 27.5 Å². The third kappa shape index (κ3) is 3.81. The number of fused-ring (bicyclic) bond motifs is 1. The second-order valence-electron chi connectivity index (χ2n) is 6.32. The second kappa shape index (κ2) is 7.80. The zero-order chi connectivity index (χ0) is 21.3. The van der Waals surface area contributed by atoms with Crippen LogP contribution >= 0.6 is 0 Å². The standard InChI is InChI=1S/C19H19F3N4O3/c1-11-8-15(12-6-5-7-14(17(12)24-11)19(20,21)22)26-16(10-28-3)13(9-23-26)18(27)25(2)29-4/h5-9H,10H2,1-4H3. The molecule has 0 N–H and O–H groups in total. The van der Waals surface area contributed by atoms with Crippen LogP contribution in [0.15, 0.2) is 30.5 Å². The molecule has 0 spiro atoms. The van der Waals surface area contributed by atoms with Gasteiger partial charge in [-0.25, -0.2) is 9.75 Å². The number of alkyl halides is 3. The number of para-hydroxylation sites is 1. The summed E-state index contributed by atoms with van der Waals surface area (Å²) in [7, 11) is 4.23. The highest BCUT2D eigenvalue weighted by Gasteiger charge is 2.34. The first-order chi connectivity index (χ1) is 13.7. The third-order valence-corrected chi connectivity index (χ3v) is 4.42. The maximum Gasteiger partial charge on any atom is 0.418 e. The molecule has 10 heteroatoms. The van der Waals surface area contributed by atoms with Gasteiger partial charge in [-0.1, -0.05) is 12.1 Å². The van der Waals surface area contributed by atoms with Gasteiger partial charge >= 0.3 is 6.18 Å². The Kier molecular flexibility index (Phi) is 5.58. The number of hydrogen-bond acceptors (Lipinski definition) is 5. The molecule has 0 saturated carbocycles. The van der Waals surface area contributed by atoms with Crippen LogP contribution in [0.2, 0.25) is 0 Å². The molecule has 2 aromatic heterocycles. The first kappa shape index (κ1) is 20.7. The number of halogens is 3. The first-order valence-electron chi connectivity index (χ1n) is 8.55. The van der Waals surface area contributed by atoms with E-state index in [9.17, 15) is 18.0 Å². The fourth-order valence-corrected chi connectivity index (χ4v) is 3.05. The molecule has 0 radical (unpaired) electrons. The van der Waals surface area contributed by atoms with Crippen LogP contribution in [0.3, 0.4) is 0 Å². The Balaban J connectivity index is 2.29. The van der Waals surface area contributed by atoms with E-state index in [0.717, 1.165) is 11.1 Å². The monoisotopic (exact) mass is 408 g/mol. The number of aryl methyl sites for hydroxylation is 1. The van der Waals surface area contributed by atoms with Gasteiger partial charge in [0.1, 0.15) is 0 Å². The van der Waals surface area contributed by atoms with E-state index >= 15 is 0 Å². The van der Waals surface area contributed by atoms with Crippen molar-refractivity contribution in [1.29, 1.82) is 0 Å². The van der Waals surface area contributed by atoms with Gasteiger partial charge in [0, 0.05) is 25.2 Å². The lowest BCUT2D eigenvalue weighted by atomic mass is 10.1. The number of carbonyl (C=O) groups excluding carboxylic acids is 1. The molecule has 3 aromatic rings. The fourth-order valence-electron chi connectivity index (χ4n) is 3.05. The van der Waals surface area contributed by atoms with E-state index in [1.54, 1.807) is 13.0 Å². The van der Waals surface area contributed by atoms with E-state index < -0.39 is 17.6 Å². The average molecular weight is 408 g/mol. The smallest absolute Gasteiger partial charge is 0.378 e. The zero-order valence-corrected chi connectivity index (χ0v) is 16.2. The van der Waals surface area contributed by atoms with Crippen LogP contribution in [-0.4, -0.2) is 47.0 Å². The van der Waals surface area contributed by atoms with Crippen LogP contribution in [0.25, 0.3) is 16.6 Å². The van der Waals surface area contributed by atoms with Gasteiger partial charge in [-0.2, -0.15) is 18.3 Å². The van der Waals surface area contributed by atoms with Crippen molar-refractivity contribution >= 4 is 16.8 Å². The van der Waals surface area contributed by atoms with E-state index in [4.69, 9.17) is 9.57 Å². The molecule has 0 fully saturated rings. The lowest BCUT2D eigenvalue weighted by molar-refractivity contribution is -0.136. The largest absolute Gasteiger partial charge is 0.418 e. The number of pyridine rings is 1. The number of nitrogens with zero attached hydrogens (tertiary/aromatic N) is 4. The van der Waals surface area contributed by atoms with Crippen molar-refractivity contribution in [1.82, 2.24) is 19.8 Å². The number of hydrogen-bond donors (Lipinski definition) is 0. The summed E-state index contributed by atoms with van der Waals surface area (Å²) in [5.74, 6) is -0.461. The van der Waals surface area contributed by atoms with Crippen molar-refractivity contribution in [3.05, 3.63) is 53.0 Å². The normalized spacial score (nSPS) is 11.8. The lowest BCUT2D eigenvalue weighted by Crippen LogP contribution is -2.26. The number of ether oxygens (including phenoxy) is 1. The van der Waals surface area contributed by atoms with Gasteiger partial charge in [0.15, 0.2) is 0 Å².